The van der Waals surface area contributed by atoms with Gasteiger partial charge in [0.05, 0.1) is 0 Å². The predicted molar refractivity (Wildman–Crippen MR) is 92.1 cm³/mol. The van der Waals surface area contributed by atoms with Gasteiger partial charge in [-0.05, 0) is 0 Å². The molecular weight excluding hydrogens is 378 g/mol. The molecule has 0 saturated heterocycles. The van der Waals surface area contributed by atoms with Gasteiger partial charge in [-0.2, -0.15) is 0 Å². The Bertz CT molecular complexity index is 648. The van der Waals surface area contributed by atoms with Crippen molar-refractivity contribution in [2.75, 3.05) is 0 Å². The summed E-state index contributed by atoms with van der Waals surface area (Å²) in [5, 5.41) is 0. The fourth-order valence-corrected chi connectivity index (χ4v) is 4.56. The molecule has 109 valence electrons. The van der Waals surface area contributed by atoms with Crippen molar-refractivity contribution in [2.45, 2.75) is 23.9 Å². The molecule has 1 atom stereocenters. The van der Waals surface area contributed by atoms with Gasteiger partial charge >= 0.3 is 131 Å². The van der Waals surface area contributed by atoms with Crippen molar-refractivity contribution >= 4 is 30.9 Å². The van der Waals surface area contributed by atoms with Crippen LogP contribution >= 0.6 is 24.8 Å². The second-order valence-corrected chi connectivity index (χ2v) is 6.55. The van der Waals surface area contributed by atoms with Crippen LogP contribution in [0.4, 0.5) is 0 Å². The zero-order valence-electron chi connectivity index (χ0n) is 12.2. The molecule has 0 unspecified atom stereocenters. The molecule has 21 heavy (non-hydrogen) atoms. The molecule has 2 aromatic rings. The van der Waals surface area contributed by atoms with Crippen LogP contribution in [0.3, 0.4) is 0 Å². The van der Waals surface area contributed by atoms with Crippen molar-refractivity contribution in [1.29, 1.82) is 0 Å². The number of halogens is 2. The van der Waals surface area contributed by atoms with E-state index in [-0.39, 0.29) is 24.8 Å². The van der Waals surface area contributed by atoms with Crippen LogP contribution in [-0.4, -0.2) is 0 Å². The van der Waals surface area contributed by atoms with E-state index in [0.717, 1.165) is 6.42 Å². The zero-order valence-corrected chi connectivity index (χ0v) is 16.3. The molecule has 0 heterocycles. The van der Waals surface area contributed by atoms with Gasteiger partial charge in [0, 0.05) is 0 Å². The van der Waals surface area contributed by atoms with Gasteiger partial charge in [0.2, 0.25) is 0 Å². The van der Waals surface area contributed by atoms with E-state index < -0.39 is 0 Å². The average molecular weight is 397 g/mol. The summed E-state index contributed by atoms with van der Waals surface area (Å²) < 4.78 is 0.663. The molecule has 0 saturated carbocycles. The number of rotatable bonds is 2. The molecule has 2 aromatic carbocycles. The van der Waals surface area contributed by atoms with E-state index in [1.54, 1.807) is 35.9 Å². The van der Waals surface area contributed by atoms with Crippen LogP contribution in [0.2, 0.25) is 0 Å². The fourth-order valence-electron chi connectivity index (χ4n) is 2.91. The van der Waals surface area contributed by atoms with Gasteiger partial charge in [-0.1, -0.05) is 0 Å². The van der Waals surface area contributed by atoms with Gasteiger partial charge in [-0.15, -0.1) is 24.8 Å². The molecule has 3 heteroatoms. The molecule has 0 nitrogen and oxygen atoms in total. The van der Waals surface area contributed by atoms with Crippen LogP contribution in [-0.2, 0) is 24.7 Å². The van der Waals surface area contributed by atoms with E-state index in [0.29, 0.717) is 3.63 Å². The topological polar surface area (TPSA) is 0 Å². The van der Waals surface area contributed by atoms with E-state index in [9.17, 15) is 0 Å². The number of benzene rings is 2. The van der Waals surface area contributed by atoms with Crippen molar-refractivity contribution in [3.63, 3.8) is 0 Å². The summed E-state index contributed by atoms with van der Waals surface area (Å²) in [6, 6.07) is 15.3. The number of aryl methyl sites for hydroxylation is 1. The zero-order chi connectivity index (χ0) is 13.4. The van der Waals surface area contributed by atoms with Crippen molar-refractivity contribution < 1.29 is 24.7 Å². The summed E-state index contributed by atoms with van der Waals surface area (Å²) in [4.78, 5) is 0. The minimum Gasteiger partial charge on any atom is -0.147 e. The van der Waals surface area contributed by atoms with E-state index in [1.165, 1.54) is 22.3 Å². The molecule has 0 bridgehead atoms. The Balaban J connectivity index is 0.00000110. The standard InChI is InChI=1S/C18H17.2ClH.Zr/c1-3-14-11-17-13(2)9-10-16(18(17)12-14)15-7-5-4-6-8-15;;;/h4-12H,3H2,1-2H3;2*1H;. The molecule has 3 rings (SSSR count). The monoisotopic (exact) mass is 395 g/mol. The van der Waals surface area contributed by atoms with Gasteiger partial charge < -0.3 is 0 Å². The third-order valence-electron chi connectivity index (χ3n) is 3.99. The SMILES string of the molecule is CCC1=Cc2c(-c3ccccc3)ccc(C)c2[C@H]1[Zr].Cl.Cl. The van der Waals surface area contributed by atoms with Crippen LogP contribution < -0.4 is 0 Å². The first-order valence-corrected chi connectivity index (χ1v) is 8.24. The molecule has 0 spiro atoms. The first kappa shape index (κ1) is 18.7. The van der Waals surface area contributed by atoms with E-state index >= 15 is 0 Å². The Morgan fingerprint density at radius 1 is 1.00 bits per heavy atom. The number of hydrogen-bond donors (Lipinski definition) is 0. The molecule has 0 fully saturated rings. The third kappa shape index (κ3) is 3.36. The number of fused-ring (bicyclic) bond motifs is 1. The summed E-state index contributed by atoms with van der Waals surface area (Å²) in [7, 11) is 0. The minimum absolute atomic E-state index is 0. The molecular formula is C18H19Cl2Zr. The minimum atomic E-state index is 0. The smallest absolute Gasteiger partial charge is 0.147 e. The molecule has 0 aromatic heterocycles. The summed E-state index contributed by atoms with van der Waals surface area (Å²) in [5.41, 5.74) is 8.78. The average Bonchev–Trinajstić information content (AvgIpc) is 2.78. The predicted octanol–water partition coefficient (Wildman–Crippen LogP) is 5.90. The van der Waals surface area contributed by atoms with Crippen LogP contribution in [0.15, 0.2) is 48.0 Å². The Labute approximate surface area is 154 Å². The quantitative estimate of drug-likeness (QED) is 0.592. The van der Waals surface area contributed by atoms with Gasteiger partial charge in [0.15, 0.2) is 0 Å². The van der Waals surface area contributed by atoms with Crippen LogP contribution in [0.5, 0.6) is 0 Å². The molecule has 1 aliphatic rings. The molecule has 1 aliphatic carbocycles. The Kier molecular flexibility index (Phi) is 6.92. The largest absolute Gasteiger partial charge is 0.147 e. The maximum Gasteiger partial charge on any atom is -0.147 e. The second kappa shape index (κ2) is 7.77. The number of hydrogen-bond acceptors (Lipinski definition) is 0. The van der Waals surface area contributed by atoms with Crippen LogP contribution in [0.25, 0.3) is 17.2 Å². The maximum absolute atomic E-state index is 2.43. The number of allylic oxidation sites excluding steroid dienone is 1. The first-order chi connectivity index (χ1) is 9.22. The second-order valence-electron chi connectivity index (χ2n) is 5.13. The van der Waals surface area contributed by atoms with Crippen molar-refractivity contribution in [1.82, 2.24) is 0 Å². The normalized spacial score (nSPS) is 15.5. The van der Waals surface area contributed by atoms with E-state index in [4.69, 9.17) is 0 Å². The Hall–Kier alpha value is -0.357. The van der Waals surface area contributed by atoms with Gasteiger partial charge in [0.1, 0.15) is 0 Å². The van der Waals surface area contributed by atoms with E-state index in [2.05, 4.69) is 62.4 Å². The van der Waals surface area contributed by atoms with Crippen molar-refractivity contribution in [3.05, 3.63) is 64.7 Å². The summed E-state index contributed by atoms with van der Waals surface area (Å²) in [5.74, 6) is 0. The Morgan fingerprint density at radius 3 is 2.29 bits per heavy atom. The molecule has 0 N–H and O–H groups in total. The Morgan fingerprint density at radius 2 is 1.67 bits per heavy atom. The van der Waals surface area contributed by atoms with Crippen molar-refractivity contribution in [2.24, 2.45) is 0 Å². The third-order valence-corrected chi connectivity index (χ3v) is 5.61. The van der Waals surface area contributed by atoms with Gasteiger partial charge in [-0.3, -0.25) is 0 Å². The first-order valence-electron chi connectivity index (χ1n) is 6.83. The molecule has 0 aliphatic heterocycles. The van der Waals surface area contributed by atoms with Crippen molar-refractivity contribution in [3.8, 4) is 11.1 Å². The fraction of sp³-hybridized carbons (Fsp3) is 0.222. The van der Waals surface area contributed by atoms with E-state index in [1.807, 2.05) is 0 Å². The summed E-state index contributed by atoms with van der Waals surface area (Å²) in [6.07, 6.45) is 3.60. The summed E-state index contributed by atoms with van der Waals surface area (Å²) in [6.45, 7) is 4.52. The van der Waals surface area contributed by atoms with Crippen LogP contribution in [0.1, 0.15) is 33.7 Å². The van der Waals surface area contributed by atoms with Gasteiger partial charge in [-0.25, -0.2) is 0 Å². The summed E-state index contributed by atoms with van der Waals surface area (Å²) >= 11 is 1.61. The molecule has 0 amide bonds. The van der Waals surface area contributed by atoms with Gasteiger partial charge in [0.25, 0.3) is 0 Å². The van der Waals surface area contributed by atoms with Crippen LogP contribution in [0, 0.1) is 6.92 Å². The maximum atomic E-state index is 2.43. The molecule has 0 radical (unpaired) electrons.